The highest BCUT2D eigenvalue weighted by Gasteiger charge is 2.32. The molecule has 1 aliphatic rings. The number of carbonyl (C=O) groups excluding carboxylic acids is 1. The van der Waals surface area contributed by atoms with Crippen LogP contribution in [0.1, 0.15) is 19.4 Å². The minimum Gasteiger partial charge on any atom is -0.495 e. The Morgan fingerprint density at radius 2 is 2.04 bits per heavy atom. The molecular formula is C18H18BrClN2O4S. The highest BCUT2D eigenvalue weighted by atomic mass is 79.9. The molecule has 0 aliphatic carbocycles. The summed E-state index contributed by atoms with van der Waals surface area (Å²) < 4.78 is 34.2. The number of halogens is 2. The van der Waals surface area contributed by atoms with E-state index in [1.54, 1.807) is 23.1 Å². The molecule has 0 saturated carbocycles. The Morgan fingerprint density at radius 1 is 1.33 bits per heavy atom. The highest BCUT2D eigenvalue weighted by Crippen LogP contribution is 2.39. The molecule has 0 aromatic heterocycles. The number of carbonyl (C=O) groups is 1. The average Bonchev–Trinajstić information content (AvgIpc) is 2.88. The van der Waals surface area contributed by atoms with E-state index in [0.29, 0.717) is 27.4 Å². The second kappa shape index (κ2) is 7.33. The van der Waals surface area contributed by atoms with E-state index in [9.17, 15) is 13.2 Å². The van der Waals surface area contributed by atoms with E-state index in [4.69, 9.17) is 16.3 Å². The molecule has 9 heteroatoms. The Balaban J connectivity index is 2.06. The number of anilines is 2. The summed E-state index contributed by atoms with van der Waals surface area (Å²) in [7, 11) is -2.51. The predicted molar refractivity (Wildman–Crippen MR) is 109 cm³/mol. The van der Waals surface area contributed by atoms with Crippen LogP contribution in [0.15, 0.2) is 39.7 Å². The SMILES string of the molecule is COc1ccc(Cl)cc1NS(=O)(=O)c1cc2c(cc1Br)C[C@@H](C)N2C(C)=O. The lowest BCUT2D eigenvalue weighted by Gasteiger charge is -2.21. The lowest BCUT2D eigenvalue weighted by Crippen LogP contribution is -2.33. The zero-order valence-corrected chi connectivity index (χ0v) is 18.1. The van der Waals surface area contributed by atoms with Crippen molar-refractivity contribution in [2.45, 2.75) is 31.2 Å². The van der Waals surface area contributed by atoms with E-state index in [1.807, 2.05) is 6.92 Å². The molecule has 0 spiro atoms. The molecule has 1 atom stereocenters. The van der Waals surface area contributed by atoms with Crippen LogP contribution in [0, 0.1) is 0 Å². The van der Waals surface area contributed by atoms with Crippen molar-refractivity contribution in [1.29, 1.82) is 0 Å². The maximum Gasteiger partial charge on any atom is 0.263 e. The fraction of sp³-hybridized carbons (Fsp3) is 0.278. The number of fused-ring (bicyclic) bond motifs is 1. The number of hydrogen-bond donors (Lipinski definition) is 1. The molecule has 1 amide bonds. The molecule has 144 valence electrons. The lowest BCUT2D eigenvalue weighted by atomic mass is 10.1. The van der Waals surface area contributed by atoms with Gasteiger partial charge in [0.25, 0.3) is 10.0 Å². The number of ether oxygens (including phenoxy) is 1. The van der Waals surface area contributed by atoms with Crippen LogP contribution in [0.4, 0.5) is 11.4 Å². The van der Waals surface area contributed by atoms with Crippen LogP contribution in [-0.2, 0) is 21.2 Å². The van der Waals surface area contributed by atoms with Crippen molar-refractivity contribution < 1.29 is 17.9 Å². The molecule has 0 bridgehead atoms. The van der Waals surface area contributed by atoms with Crippen molar-refractivity contribution in [2.75, 3.05) is 16.7 Å². The van der Waals surface area contributed by atoms with Crippen LogP contribution in [-0.4, -0.2) is 27.5 Å². The van der Waals surface area contributed by atoms with Crippen molar-refractivity contribution >= 4 is 54.8 Å². The van der Waals surface area contributed by atoms with Gasteiger partial charge in [0.2, 0.25) is 5.91 Å². The Labute approximate surface area is 171 Å². The third-order valence-corrected chi connectivity index (χ3v) is 6.94. The molecular weight excluding hydrogens is 456 g/mol. The highest BCUT2D eigenvalue weighted by molar-refractivity contribution is 9.10. The molecule has 0 fully saturated rings. The summed E-state index contributed by atoms with van der Waals surface area (Å²) in [4.78, 5) is 13.6. The maximum atomic E-state index is 13.0. The molecule has 0 saturated heterocycles. The van der Waals surface area contributed by atoms with Crippen molar-refractivity contribution in [3.05, 3.63) is 45.4 Å². The Morgan fingerprint density at radius 3 is 2.67 bits per heavy atom. The second-order valence-corrected chi connectivity index (χ2v) is 9.25. The minimum atomic E-state index is -3.96. The van der Waals surface area contributed by atoms with Crippen LogP contribution in [0.25, 0.3) is 0 Å². The van der Waals surface area contributed by atoms with E-state index >= 15 is 0 Å². The van der Waals surface area contributed by atoms with Gasteiger partial charge < -0.3 is 9.64 Å². The number of nitrogens with zero attached hydrogens (tertiary/aromatic N) is 1. The van der Waals surface area contributed by atoms with E-state index in [2.05, 4.69) is 20.7 Å². The monoisotopic (exact) mass is 472 g/mol. The van der Waals surface area contributed by atoms with Gasteiger partial charge >= 0.3 is 0 Å². The number of nitrogens with one attached hydrogen (secondary N) is 1. The van der Waals surface area contributed by atoms with Gasteiger partial charge in [0.15, 0.2) is 0 Å². The molecule has 0 radical (unpaired) electrons. The predicted octanol–water partition coefficient (Wildman–Crippen LogP) is 4.21. The minimum absolute atomic E-state index is 0.0247. The molecule has 3 rings (SSSR count). The summed E-state index contributed by atoms with van der Waals surface area (Å²) in [5.74, 6) is 0.218. The van der Waals surface area contributed by atoms with Gasteiger partial charge in [0.1, 0.15) is 10.6 Å². The zero-order chi connectivity index (χ0) is 19.9. The summed E-state index contributed by atoms with van der Waals surface area (Å²) in [6, 6.07) is 7.90. The molecule has 6 nitrogen and oxygen atoms in total. The van der Waals surface area contributed by atoms with E-state index in [-0.39, 0.29) is 22.5 Å². The van der Waals surface area contributed by atoms with Crippen molar-refractivity contribution in [2.24, 2.45) is 0 Å². The quantitative estimate of drug-likeness (QED) is 0.722. The molecule has 27 heavy (non-hydrogen) atoms. The molecule has 1 N–H and O–H groups in total. The maximum absolute atomic E-state index is 13.0. The van der Waals surface area contributed by atoms with Crippen LogP contribution in [0.2, 0.25) is 5.02 Å². The van der Waals surface area contributed by atoms with Gasteiger partial charge in [-0.25, -0.2) is 8.42 Å². The Bertz CT molecular complexity index is 1030. The van der Waals surface area contributed by atoms with E-state index in [0.717, 1.165) is 5.56 Å². The number of hydrogen-bond acceptors (Lipinski definition) is 4. The molecule has 2 aromatic carbocycles. The normalized spacial score (nSPS) is 16.2. The standard InChI is InChI=1S/C18H18BrClN2O4S/c1-10-6-12-7-14(19)18(9-16(12)22(10)11(2)23)27(24,25)21-15-8-13(20)4-5-17(15)26-3/h4-5,7-10,21H,6H2,1-3H3/t10-/m1/s1. The number of methoxy groups -OCH3 is 1. The topological polar surface area (TPSA) is 75.7 Å². The van der Waals surface area contributed by atoms with Gasteiger partial charge in [-0.05, 0) is 65.2 Å². The first-order valence-corrected chi connectivity index (χ1v) is 10.8. The van der Waals surface area contributed by atoms with Crippen molar-refractivity contribution in [3.8, 4) is 5.75 Å². The van der Waals surface area contributed by atoms with E-state index in [1.165, 1.54) is 26.2 Å². The summed E-state index contributed by atoms with van der Waals surface area (Å²) in [5.41, 5.74) is 1.76. The second-order valence-electron chi connectivity index (χ2n) is 6.30. The van der Waals surface area contributed by atoms with Crippen LogP contribution < -0.4 is 14.4 Å². The van der Waals surface area contributed by atoms with E-state index < -0.39 is 10.0 Å². The van der Waals surface area contributed by atoms with Gasteiger partial charge in [0.05, 0.1) is 12.8 Å². The molecule has 2 aromatic rings. The molecule has 1 aliphatic heterocycles. The van der Waals surface area contributed by atoms with Crippen LogP contribution >= 0.6 is 27.5 Å². The van der Waals surface area contributed by atoms with Gasteiger partial charge in [-0.2, -0.15) is 0 Å². The summed E-state index contributed by atoms with van der Waals surface area (Å²) in [5, 5.41) is 0.373. The van der Waals surface area contributed by atoms with Gasteiger partial charge in [0, 0.05) is 28.1 Å². The van der Waals surface area contributed by atoms with Crippen molar-refractivity contribution in [1.82, 2.24) is 0 Å². The van der Waals surface area contributed by atoms with Crippen molar-refractivity contribution in [3.63, 3.8) is 0 Å². The average molecular weight is 474 g/mol. The third-order valence-electron chi connectivity index (χ3n) is 4.38. The van der Waals surface area contributed by atoms with Gasteiger partial charge in [-0.15, -0.1) is 0 Å². The third kappa shape index (κ3) is 3.79. The number of rotatable bonds is 4. The first-order chi connectivity index (χ1) is 12.6. The fourth-order valence-corrected chi connectivity index (χ4v) is 5.61. The number of benzene rings is 2. The zero-order valence-electron chi connectivity index (χ0n) is 14.9. The summed E-state index contributed by atoms with van der Waals surface area (Å²) in [6.45, 7) is 3.40. The molecule has 0 unspecified atom stereocenters. The first-order valence-electron chi connectivity index (χ1n) is 8.12. The van der Waals surface area contributed by atoms with Gasteiger partial charge in [-0.1, -0.05) is 11.6 Å². The summed E-state index contributed by atoms with van der Waals surface area (Å²) >= 11 is 9.33. The number of sulfonamides is 1. The van der Waals surface area contributed by atoms with Crippen LogP contribution in [0.5, 0.6) is 5.75 Å². The van der Waals surface area contributed by atoms with Gasteiger partial charge in [-0.3, -0.25) is 9.52 Å². The molecule has 1 heterocycles. The Kier molecular flexibility index (Phi) is 5.42. The Hall–Kier alpha value is -1.77. The lowest BCUT2D eigenvalue weighted by molar-refractivity contribution is -0.116. The summed E-state index contributed by atoms with van der Waals surface area (Å²) in [6.07, 6.45) is 0.670. The van der Waals surface area contributed by atoms with Crippen LogP contribution in [0.3, 0.4) is 0 Å². The fourth-order valence-electron chi connectivity index (χ4n) is 3.26. The number of amides is 1. The first kappa shape index (κ1) is 20.0. The largest absolute Gasteiger partial charge is 0.495 e. The smallest absolute Gasteiger partial charge is 0.263 e.